The fraction of sp³-hybridized carbons (Fsp3) is 0.0714. The molecule has 0 fully saturated rings. The van der Waals surface area contributed by atoms with Crippen molar-refractivity contribution in [1.82, 2.24) is 19.3 Å². The summed E-state index contributed by atoms with van der Waals surface area (Å²) < 4.78 is 4.31. The molecule has 0 aromatic carbocycles. The molecule has 5 N–H and O–H groups in total. The smallest absolute Gasteiger partial charge is 0.138 e. The quantitative estimate of drug-likeness (QED) is 0.526. The molecule has 4 rings (SSSR count). The first-order chi connectivity index (χ1) is 10.2. The molecule has 0 bridgehead atoms. The fourth-order valence-electron chi connectivity index (χ4n) is 2.37. The van der Waals surface area contributed by atoms with E-state index in [4.69, 9.17) is 11.5 Å². The number of anilines is 1. The van der Waals surface area contributed by atoms with E-state index in [2.05, 4.69) is 25.4 Å². The van der Waals surface area contributed by atoms with Crippen LogP contribution in [0.5, 0.6) is 0 Å². The van der Waals surface area contributed by atoms with Gasteiger partial charge in [0.2, 0.25) is 0 Å². The molecule has 0 saturated heterocycles. The largest absolute Gasteiger partial charge is 0.384 e. The van der Waals surface area contributed by atoms with Gasteiger partial charge in [0.15, 0.2) is 0 Å². The van der Waals surface area contributed by atoms with Gasteiger partial charge in [0.25, 0.3) is 0 Å². The number of nitrogens with one attached hydrogen (secondary N) is 1. The first-order valence-corrected chi connectivity index (χ1v) is 7.21. The predicted molar refractivity (Wildman–Crippen MR) is 84.8 cm³/mol. The molecule has 6 nitrogen and oxygen atoms in total. The van der Waals surface area contributed by atoms with Crippen LogP contribution in [0.4, 0.5) is 5.82 Å². The number of hydrogen-bond acceptors (Lipinski definition) is 6. The van der Waals surface area contributed by atoms with Crippen molar-refractivity contribution in [2.75, 3.05) is 5.73 Å². The molecule has 4 aromatic rings. The van der Waals surface area contributed by atoms with E-state index in [0.29, 0.717) is 12.4 Å². The zero-order valence-corrected chi connectivity index (χ0v) is 11.8. The highest BCUT2D eigenvalue weighted by Gasteiger charge is 2.10. The van der Waals surface area contributed by atoms with Gasteiger partial charge in [-0.1, -0.05) is 0 Å². The minimum absolute atomic E-state index is 0.446. The van der Waals surface area contributed by atoms with E-state index in [1.807, 2.05) is 18.3 Å². The molecular weight excluding hydrogens is 284 g/mol. The van der Waals surface area contributed by atoms with Crippen LogP contribution in [0.25, 0.3) is 32.4 Å². The number of nitrogen functional groups attached to an aromatic ring is 1. The number of nitrogens with zero attached hydrogens (tertiary/aromatic N) is 3. The van der Waals surface area contributed by atoms with Crippen LogP contribution >= 0.6 is 11.5 Å². The van der Waals surface area contributed by atoms with Crippen molar-refractivity contribution in [3.05, 3.63) is 36.3 Å². The maximum absolute atomic E-state index is 5.78. The van der Waals surface area contributed by atoms with E-state index in [-0.39, 0.29) is 0 Å². The molecule has 4 heterocycles. The van der Waals surface area contributed by atoms with Crippen LogP contribution in [-0.2, 0) is 6.54 Å². The van der Waals surface area contributed by atoms with Crippen molar-refractivity contribution in [2.24, 2.45) is 5.73 Å². The third kappa shape index (κ3) is 1.94. The average molecular weight is 296 g/mol. The van der Waals surface area contributed by atoms with Gasteiger partial charge in [0, 0.05) is 29.1 Å². The molecule has 0 radical (unpaired) electrons. The zero-order valence-electron chi connectivity index (χ0n) is 11.0. The summed E-state index contributed by atoms with van der Waals surface area (Å²) >= 11 is 1.43. The summed E-state index contributed by atoms with van der Waals surface area (Å²) in [6, 6.07) is 5.95. The molecule has 0 aliphatic rings. The Morgan fingerprint density at radius 2 is 2.00 bits per heavy atom. The number of pyridine rings is 2. The fourth-order valence-corrected chi connectivity index (χ4v) is 3.12. The molecule has 0 aliphatic heterocycles. The Labute approximate surface area is 124 Å². The molecule has 0 saturated carbocycles. The number of hydrogen-bond donors (Lipinski definition) is 3. The second-order valence-electron chi connectivity index (χ2n) is 4.79. The summed E-state index contributed by atoms with van der Waals surface area (Å²) in [5.41, 5.74) is 15.1. The van der Waals surface area contributed by atoms with Gasteiger partial charge in [-0.25, -0.2) is 9.97 Å². The topological polar surface area (TPSA) is 106 Å². The highest BCUT2D eigenvalue weighted by molar-refractivity contribution is 7.09. The maximum atomic E-state index is 5.78. The summed E-state index contributed by atoms with van der Waals surface area (Å²) in [5, 5.41) is 2.05. The van der Waals surface area contributed by atoms with Crippen molar-refractivity contribution >= 4 is 39.3 Å². The Morgan fingerprint density at radius 3 is 2.81 bits per heavy atom. The number of rotatable bonds is 2. The molecule has 0 spiro atoms. The first-order valence-electron chi connectivity index (χ1n) is 6.43. The summed E-state index contributed by atoms with van der Waals surface area (Å²) in [5.74, 6) is 0.497. The molecule has 7 heteroatoms. The lowest BCUT2D eigenvalue weighted by atomic mass is 10.1. The first kappa shape index (κ1) is 12.2. The van der Waals surface area contributed by atoms with Crippen molar-refractivity contribution in [1.29, 1.82) is 0 Å². The summed E-state index contributed by atoms with van der Waals surface area (Å²) in [4.78, 5) is 12.9. The Bertz CT molecular complexity index is 955. The average Bonchev–Trinajstić information content (AvgIpc) is 3.10. The second kappa shape index (κ2) is 4.51. The molecule has 0 atom stereocenters. The van der Waals surface area contributed by atoms with Gasteiger partial charge in [-0.3, -0.25) is 0 Å². The third-order valence-electron chi connectivity index (χ3n) is 3.41. The zero-order chi connectivity index (χ0) is 14.4. The SMILES string of the molecule is NCc1cc(-c2cnc3[nH]c4cnc(N)cc4c3c2)sn1. The number of H-pyrrole nitrogens is 1. The molecule has 104 valence electrons. The number of nitrogens with two attached hydrogens (primary N) is 2. The van der Waals surface area contributed by atoms with Crippen molar-refractivity contribution in [3.63, 3.8) is 0 Å². The monoisotopic (exact) mass is 296 g/mol. The van der Waals surface area contributed by atoms with Crippen LogP contribution in [0.2, 0.25) is 0 Å². The summed E-state index contributed by atoms with van der Waals surface area (Å²) in [6.45, 7) is 0.446. The predicted octanol–water partition coefficient (Wildman–Crippen LogP) is 2.28. The van der Waals surface area contributed by atoms with E-state index in [9.17, 15) is 0 Å². The highest BCUT2D eigenvalue weighted by atomic mass is 32.1. The van der Waals surface area contributed by atoms with Crippen LogP contribution in [0, 0.1) is 0 Å². The lowest BCUT2D eigenvalue weighted by Crippen LogP contribution is -1.94. The summed E-state index contributed by atoms with van der Waals surface area (Å²) in [6.07, 6.45) is 3.56. The minimum Gasteiger partial charge on any atom is -0.384 e. The van der Waals surface area contributed by atoms with Crippen LogP contribution in [-0.4, -0.2) is 19.3 Å². The van der Waals surface area contributed by atoms with Gasteiger partial charge in [-0.2, -0.15) is 4.37 Å². The van der Waals surface area contributed by atoms with Crippen LogP contribution < -0.4 is 11.5 Å². The van der Waals surface area contributed by atoms with E-state index < -0.39 is 0 Å². The molecule has 0 amide bonds. The van der Waals surface area contributed by atoms with Crippen LogP contribution in [0.1, 0.15) is 5.69 Å². The molecule has 0 aliphatic carbocycles. The molecular formula is C14H12N6S. The van der Waals surface area contributed by atoms with Gasteiger partial charge in [0.05, 0.1) is 22.3 Å². The number of fused-ring (bicyclic) bond motifs is 3. The lowest BCUT2D eigenvalue weighted by Gasteiger charge is -1.97. The summed E-state index contributed by atoms with van der Waals surface area (Å²) in [7, 11) is 0. The van der Waals surface area contributed by atoms with Gasteiger partial charge < -0.3 is 16.5 Å². The Balaban J connectivity index is 1.95. The second-order valence-corrected chi connectivity index (χ2v) is 5.59. The van der Waals surface area contributed by atoms with Crippen LogP contribution in [0.15, 0.2) is 30.6 Å². The van der Waals surface area contributed by atoms with Gasteiger partial charge >= 0.3 is 0 Å². The number of aromatic amines is 1. The van der Waals surface area contributed by atoms with E-state index in [1.54, 1.807) is 6.20 Å². The third-order valence-corrected chi connectivity index (χ3v) is 4.28. The van der Waals surface area contributed by atoms with E-state index in [0.717, 1.165) is 38.1 Å². The molecule has 4 aromatic heterocycles. The highest BCUT2D eigenvalue weighted by Crippen LogP contribution is 2.30. The van der Waals surface area contributed by atoms with Crippen molar-refractivity contribution in [3.8, 4) is 10.4 Å². The molecule has 21 heavy (non-hydrogen) atoms. The standard InChI is InChI=1S/C14H12N6S/c15-4-8-2-12(21-20-8)7-1-10-9-3-13(16)17-6-11(9)19-14(10)18-5-7/h1-3,5-6H,4,15H2,(H2,16,17)(H,18,19). The Morgan fingerprint density at radius 1 is 1.10 bits per heavy atom. The van der Waals surface area contributed by atoms with E-state index >= 15 is 0 Å². The molecule has 0 unspecified atom stereocenters. The Kier molecular flexibility index (Phi) is 2.63. The normalized spacial score (nSPS) is 11.5. The van der Waals surface area contributed by atoms with Gasteiger partial charge in [0.1, 0.15) is 11.5 Å². The minimum atomic E-state index is 0.446. The van der Waals surface area contributed by atoms with Gasteiger partial charge in [-0.05, 0) is 29.7 Å². The maximum Gasteiger partial charge on any atom is 0.138 e. The number of aromatic nitrogens is 4. The lowest BCUT2D eigenvalue weighted by molar-refractivity contribution is 1.03. The Hall–Kier alpha value is -2.51. The van der Waals surface area contributed by atoms with E-state index in [1.165, 1.54) is 11.5 Å². The van der Waals surface area contributed by atoms with Crippen LogP contribution in [0.3, 0.4) is 0 Å². The van der Waals surface area contributed by atoms with Gasteiger partial charge in [-0.15, -0.1) is 0 Å². The van der Waals surface area contributed by atoms with Crippen molar-refractivity contribution in [2.45, 2.75) is 6.54 Å². The van der Waals surface area contributed by atoms with Crippen molar-refractivity contribution < 1.29 is 0 Å².